The number of benzene rings is 1. The molecule has 0 bridgehead atoms. The number of alkyl halides is 1. The summed E-state index contributed by atoms with van der Waals surface area (Å²) >= 11 is 5.81. The van der Waals surface area contributed by atoms with Gasteiger partial charge in [0.25, 0.3) is 5.91 Å². The van der Waals surface area contributed by atoms with Crippen LogP contribution in [0.5, 0.6) is 0 Å². The van der Waals surface area contributed by atoms with Gasteiger partial charge in [-0.05, 0) is 24.0 Å². The lowest BCUT2D eigenvalue weighted by molar-refractivity contribution is 0.0754. The van der Waals surface area contributed by atoms with Crippen LogP contribution in [0, 0.1) is 0 Å². The van der Waals surface area contributed by atoms with E-state index in [0.29, 0.717) is 5.88 Å². The zero-order valence-corrected chi connectivity index (χ0v) is 12.6. The molecule has 18 heavy (non-hydrogen) atoms. The van der Waals surface area contributed by atoms with Crippen LogP contribution in [-0.2, 0) is 5.41 Å². The topological polar surface area (TPSA) is 20.3 Å². The van der Waals surface area contributed by atoms with E-state index in [9.17, 15) is 4.79 Å². The van der Waals surface area contributed by atoms with Gasteiger partial charge in [-0.25, -0.2) is 0 Å². The molecule has 1 aromatic rings. The first-order valence-corrected chi connectivity index (χ1v) is 6.75. The van der Waals surface area contributed by atoms with E-state index >= 15 is 0 Å². The molecule has 0 aliphatic heterocycles. The Labute approximate surface area is 115 Å². The van der Waals surface area contributed by atoms with Gasteiger partial charge < -0.3 is 4.90 Å². The van der Waals surface area contributed by atoms with Gasteiger partial charge in [-0.15, -0.1) is 11.6 Å². The first kappa shape index (κ1) is 15.0. The molecule has 1 atom stereocenters. The van der Waals surface area contributed by atoms with Crippen molar-refractivity contribution in [2.75, 3.05) is 12.9 Å². The fraction of sp³-hybridized carbons (Fsp3) is 0.533. The number of carbonyl (C=O) groups excluding carboxylic acids is 1. The Balaban J connectivity index is 3.14. The predicted octanol–water partition coefficient (Wildman–Crippen LogP) is 3.68. The van der Waals surface area contributed by atoms with Crippen LogP contribution < -0.4 is 0 Å². The van der Waals surface area contributed by atoms with E-state index in [4.69, 9.17) is 11.6 Å². The van der Waals surface area contributed by atoms with Gasteiger partial charge in [0.05, 0.1) is 0 Å². The van der Waals surface area contributed by atoms with Crippen LogP contribution in [0.25, 0.3) is 0 Å². The van der Waals surface area contributed by atoms with Gasteiger partial charge in [-0.1, -0.05) is 39.0 Å². The largest absolute Gasteiger partial charge is 0.338 e. The van der Waals surface area contributed by atoms with Gasteiger partial charge >= 0.3 is 0 Å². The van der Waals surface area contributed by atoms with Crippen molar-refractivity contribution >= 4 is 17.5 Å². The Kier molecular flexibility index (Phi) is 4.80. The summed E-state index contributed by atoms with van der Waals surface area (Å²) < 4.78 is 0. The van der Waals surface area contributed by atoms with Crippen LogP contribution in [0.2, 0.25) is 0 Å². The van der Waals surface area contributed by atoms with Crippen LogP contribution in [0.15, 0.2) is 24.3 Å². The van der Waals surface area contributed by atoms with Gasteiger partial charge in [-0.2, -0.15) is 0 Å². The van der Waals surface area contributed by atoms with Gasteiger partial charge in [0, 0.05) is 24.5 Å². The first-order chi connectivity index (χ1) is 8.29. The molecule has 0 aliphatic carbocycles. The van der Waals surface area contributed by atoms with Crippen molar-refractivity contribution in [3.05, 3.63) is 35.4 Å². The molecule has 1 aromatic carbocycles. The van der Waals surface area contributed by atoms with Crippen LogP contribution in [0.1, 0.15) is 43.6 Å². The van der Waals surface area contributed by atoms with E-state index in [1.54, 1.807) is 11.9 Å². The van der Waals surface area contributed by atoms with Crippen molar-refractivity contribution in [3.63, 3.8) is 0 Å². The van der Waals surface area contributed by atoms with Crippen molar-refractivity contribution in [1.82, 2.24) is 4.90 Å². The monoisotopic (exact) mass is 267 g/mol. The van der Waals surface area contributed by atoms with Crippen molar-refractivity contribution in [3.8, 4) is 0 Å². The maximum absolute atomic E-state index is 12.5. The second kappa shape index (κ2) is 5.75. The Hall–Kier alpha value is -1.02. The minimum atomic E-state index is -0.0443. The summed E-state index contributed by atoms with van der Waals surface area (Å²) in [5.74, 6) is 0.480. The Morgan fingerprint density at radius 3 is 2.39 bits per heavy atom. The molecule has 1 rings (SSSR count). The summed E-state index contributed by atoms with van der Waals surface area (Å²) in [6.45, 7) is 8.29. The minimum Gasteiger partial charge on any atom is -0.338 e. The number of carbonyl (C=O) groups is 1. The molecule has 0 saturated carbocycles. The number of rotatable bonds is 3. The molecule has 3 heteroatoms. The molecule has 0 aliphatic rings. The number of nitrogens with zero attached hydrogens (tertiary/aromatic N) is 1. The third kappa shape index (κ3) is 3.26. The van der Waals surface area contributed by atoms with Crippen molar-refractivity contribution in [1.29, 1.82) is 0 Å². The van der Waals surface area contributed by atoms with Crippen molar-refractivity contribution in [2.24, 2.45) is 0 Å². The van der Waals surface area contributed by atoms with E-state index in [0.717, 1.165) is 11.1 Å². The summed E-state index contributed by atoms with van der Waals surface area (Å²) in [7, 11) is 1.80. The molecule has 1 amide bonds. The lowest BCUT2D eigenvalue weighted by Crippen LogP contribution is -2.37. The summed E-state index contributed by atoms with van der Waals surface area (Å²) in [6.07, 6.45) is 0. The van der Waals surface area contributed by atoms with Crippen LogP contribution in [0.4, 0.5) is 0 Å². The molecule has 0 spiro atoms. The standard InChI is InChI=1S/C15H22ClNO/c1-11(10-16)17(5)14(18)12-8-6-7-9-13(12)15(2,3)4/h6-9,11H,10H2,1-5H3. The van der Waals surface area contributed by atoms with Crippen LogP contribution in [-0.4, -0.2) is 29.8 Å². The smallest absolute Gasteiger partial charge is 0.254 e. The fourth-order valence-corrected chi connectivity index (χ4v) is 2.02. The third-order valence-corrected chi connectivity index (χ3v) is 3.62. The second-order valence-corrected chi connectivity index (χ2v) is 6.02. The second-order valence-electron chi connectivity index (χ2n) is 5.71. The van der Waals surface area contributed by atoms with E-state index in [1.807, 2.05) is 31.2 Å². The zero-order chi connectivity index (χ0) is 13.9. The minimum absolute atomic E-state index is 0.0344. The SMILES string of the molecule is CC(CCl)N(C)C(=O)c1ccccc1C(C)(C)C. The van der Waals surface area contributed by atoms with Crippen LogP contribution in [0.3, 0.4) is 0 Å². The molecular formula is C15H22ClNO. The number of hydrogen-bond acceptors (Lipinski definition) is 1. The van der Waals surface area contributed by atoms with E-state index < -0.39 is 0 Å². The van der Waals surface area contributed by atoms with Crippen molar-refractivity contribution in [2.45, 2.75) is 39.2 Å². The highest BCUT2D eigenvalue weighted by Gasteiger charge is 2.24. The molecule has 0 N–H and O–H groups in total. The Morgan fingerprint density at radius 2 is 1.89 bits per heavy atom. The summed E-state index contributed by atoms with van der Waals surface area (Å²) in [5, 5.41) is 0. The molecule has 0 radical (unpaired) electrons. The quantitative estimate of drug-likeness (QED) is 0.765. The van der Waals surface area contributed by atoms with Gasteiger partial charge in [-0.3, -0.25) is 4.79 Å². The first-order valence-electron chi connectivity index (χ1n) is 6.21. The maximum atomic E-state index is 12.5. The lowest BCUT2D eigenvalue weighted by Gasteiger charge is -2.27. The molecule has 0 fully saturated rings. The predicted molar refractivity (Wildman–Crippen MR) is 77.4 cm³/mol. The highest BCUT2D eigenvalue weighted by atomic mass is 35.5. The van der Waals surface area contributed by atoms with E-state index in [1.165, 1.54) is 0 Å². The molecule has 0 heterocycles. The van der Waals surface area contributed by atoms with E-state index in [-0.39, 0.29) is 17.4 Å². The average molecular weight is 268 g/mol. The zero-order valence-electron chi connectivity index (χ0n) is 11.8. The molecule has 0 saturated heterocycles. The Bertz CT molecular complexity index is 423. The normalized spacial score (nSPS) is 13.2. The molecule has 0 aromatic heterocycles. The van der Waals surface area contributed by atoms with Crippen LogP contribution >= 0.6 is 11.6 Å². The summed E-state index contributed by atoms with van der Waals surface area (Å²) in [5.41, 5.74) is 1.80. The molecule has 2 nitrogen and oxygen atoms in total. The Morgan fingerprint density at radius 1 is 1.33 bits per heavy atom. The van der Waals surface area contributed by atoms with E-state index in [2.05, 4.69) is 20.8 Å². The number of halogens is 1. The summed E-state index contributed by atoms with van der Waals surface area (Å²) in [4.78, 5) is 14.2. The maximum Gasteiger partial charge on any atom is 0.254 e. The molecule has 100 valence electrons. The highest BCUT2D eigenvalue weighted by molar-refractivity contribution is 6.18. The highest BCUT2D eigenvalue weighted by Crippen LogP contribution is 2.26. The van der Waals surface area contributed by atoms with Crippen molar-refractivity contribution < 1.29 is 4.79 Å². The lowest BCUT2D eigenvalue weighted by atomic mass is 9.83. The van der Waals surface area contributed by atoms with Gasteiger partial charge in [0.1, 0.15) is 0 Å². The van der Waals surface area contributed by atoms with Gasteiger partial charge in [0.15, 0.2) is 0 Å². The summed E-state index contributed by atoms with van der Waals surface area (Å²) in [6, 6.07) is 7.82. The fourth-order valence-electron chi connectivity index (χ4n) is 1.82. The molecule has 1 unspecified atom stereocenters. The third-order valence-electron chi connectivity index (χ3n) is 3.17. The number of amides is 1. The van der Waals surface area contributed by atoms with Gasteiger partial charge in [0.2, 0.25) is 0 Å². The number of hydrogen-bond donors (Lipinski definition) is 0. The molecular weight excluding hydrogens is 246 g/mol. The average Bonchev–Trinajstić information content (AvgIpc) is 2.35.